The molecular formula is C25H26N6O3. The Morgan fingerprint density at radius 2 is 1.88 bits per heavy atom. The Balaban J connectivity index is 1.63. The van der Waals surface area contributed by atoms with Crippen molar-refractivity contribution < 1.29 is 14.3 Å². The molecule has 3 heterocycles. The van der Waals surface area contributed by atoms with Crippen molar-refractivity contribution in [2.24, 2.45) is 7.05 Å². The molecule has 9 nitrogen and oxygen atoms in total. The van der Waals surface area contributed by atoms with Crippen molar-refractivity contribution in [2.75, 3.05) is 17.7 Å². The number of nitrogens with one attached hydrogen (secondary N) is 2. The minimum atomic E-state index is -0.310. The van der Waals surface area contributed by atoms with Gasteiger partial charge in [0.15, 0.2) is 5.65 Å². The first-order chi connectivity index (χ1) is 16.3. The van der Waals surface area contributed by atoms with Crippen LogP contribution in [0.3, 0.4) is 0 Å². The van der Waals surface area contributed by atoms with Crippen LogP contribution in [0.1, 0.15) is 51.9 Å². The third kappa shape index (κ3) is 4.45. The van der Waals surface area contributed by atoms with E-state index in [-0.39, 0.29) is 17.7 Å². The summed E-state index contributed by atoms with van der Waals surface area (Å²) in [5, 5.41) is 10.9. The smallest absolute Gasteiger partial charge is 0.257 e. The van der Waals surface area contributed by atoms with Crippen molar-refractivity contribution in [1.82, 2.24) is 19.7 Å². The summed E-state index contributed by atoms with van der Waals surface area (Å²) in [4.78, 5) is 34.5. The first kappa shape index (κ1) is 22.9. The van der Waals surface area contributed by atoms with Crippen LogP contribution in [-0.2, 0) is 7.05 Å². The molecule has 0 aliphatic rings. The summed E-state index contributed by atoms with van der Waals surface area (Å²) >= 11 is 0. The third-order valence-electron chi connectivity index (χ3n) is 5.46. The Morgan fingerprint density at radius 3 is 2.56 bits per heavy atom. The Labute approximate surface area is 197 Å². The SMILES string of the molecule is COc1cc(NC(=O)c2cc(C(C)C)nc3c2c(C)nn3C)ccc1NC(=O)c1cccnc1. The number of benzene rings is 1. The molecule has 1 aromatic carbocycles. The number of amides is 2. The monoisotopic (exact) mass is 458 g/mol. The van der Waals surface area contributed by atoms with E-state index in [4.69, 9.17) is 9.72 Å². The number of nitrogens with zero attached hydrogens (tertiary/aromatic N) is 4. The number of carbonyl (C=O) groups is 2. The molecule has 0 radical (unpaired) electrons. The first-order valence-corrected chi connectivity index (χ1v) is 10.8. The second-order valence-electron chi connectivity index (χ2n) is 8.22. The van der Waals surface area contributed by atoms with Gasteiger partial charge in [0.05, 0.1) is 35.0 Å². The summed E-state index contributed by atoms with van der Waals surface area (Å²) < 4.78 is 7.14. The highest BCUT2D eigenvalue weighted by Crippen LogP contribution is 2.30. The third-order valence-corrected chi connectivity index (χ3v) is 5.46. The van der Waals surface area contributed by atoms with Crippen molar-refractivity contribution in [1.29, 1.82) is 0 Å². The van der Waals surface area contributed by atoms with E-state index in [1.807, 2.05) is 33.9 Å². The van der Waals surface area contributed by atoms with Gasteiger partial charge >= 0.3 is 0 Å². The molecule has 0 aliphatic carbocycles. The lowest BCUT2D eigenvalue weighted by molar-refractivity contribution is 0.101. The molecule has 0 saturated carbocycles. The van der Waals surface area contributed by atoms with Gasteiger partial charge in [-0.05, 0) is 43.2 Å². The van der Waals surface area contributed by atoms with Crippen LogP contribution >= 0.6 is 0 Å². The van der Waals surface area contributed by atoms with Gasteiger partial charge in [-0.2, -0.15) is 5.10 Å². The van der Waals surface area contributed by atoms with Crippen LogP contribution in [0, 0.1) is 6.92 Å². The van der Waals surface area contributed by atoms with Gasteiger partial charge in [0.25, 0.3) is 11.8 Å². The van der Waals surface area contributed by atoms with E-state index in [1.165, 1.54) is 13.3 Å². The van der Waals surface area contributed by atoms with E-state index in [9.17, 15) is 9.59 Å². The fraction of sp³-hybridized carbons (Fsp3) is 0.240. The van der Waals surface area contributed by atoms with Gasteiger partial charge in [0.1, 0.15) is 5.75 Å². The van der Waals surface area contributed by atoms with Crippen molar-refractivity contribution in [3.63, 3.8) is 0 Å². The average molecular weight is 459 g/mol. The quantitative estimate of drug-likeness (QED) is 0.445. The number of pyridine rings is 2. The van der Waals surface area contributed by atoms with Crippen LogP contribution in [0.4, 0.5) is 11.4 Å². The summed E-state index contributed by atoms with van der Waals surface area (Å²) in [6.07, 6.45) is 3.08. The topological polar surface area (TPSA) is 111 Å². The van der Waals surface area contributed by atoms with Crippen LogP contribution in [0.2, 0.25) is 0 Å². The molecule has 0 aliphatic heterocycles. The lowest BCUT2D eigenvalue weighted by atomic mass is 10.0. The van der Waals surface area contributed by atoms with Crippen LogP contribution in [-0.4, -0.2) is 38.7 Å². The number of hydrogen-bond acceptors (Lipinski definition) is 6. The second-order valence-corrected chi connectivity index (χ2v) is 8.22. The number of methoxy groups -OCH3 is 1. The maximum absolute atomic E-state index is 13.3. The maximum Gasteiger partial charge on any atom is 0.257 e. The number of anilines is 2. The Kier molecular flexibility index (Phi) is 6.27. The van der Waals surface area contributed by atoms with E-state index in [0.717, 1.165) is 16.8 Å². The zero-order valence-corrected chi connectivity index (χ0v) is 19.7. The van der Waals surface area contributed by atoms with E-state index in [1.54, 1.807) is 41.2 Å². The molecule has 2 N–H and O–H groups in total. The molecule has 3 aromatic heterocycles. The van der Waals surface area contributed by atoms with E-state index in [0.29, 0.717) is 33.9 Å². The largest absolute Gasteiger partial charge is 0.494 e. The fourth-order valence-corrected chi connectivity index (χ4v) is 3.70. The zero-order chi connectivity index (χ0) is 24.4. The fourth-order valence-electron chi connectivity index (χ4n) is 3.70. The average Bonchev–Trinajstić information content (AvgIpc) is 3.13. The van der Waals surface area contributed by atoms with Gasteiger partial charge in [0.2, 0.25) is 0 Å². The molecule has 0 fully saturated rings. The number of rotatable bonds is 6. The summed E-state index contributed by atoms with van der Waals surface area (Å²) in [7, 11) is 3.32. The normalized spacial score (nSPS) is 11.0. The molecule has 9 heteroatoms. The molecule has 0 bridgehead atoms. The van der Waals surface area contributed by atoms with Gasteiger partial charge in [-0.3, -0.25) is 19.3 Å². The summed E-state index contributed by atoms with van der Waals surface area (Å²) in [5.41, 5.74) is 4.15. The highest BCUT2D eigenvalue weighted by Gasteiger charge is 2.20. The van der Waals surface area contributed by atoms with E-state index in [2.05, 4.69) is 20.7 Å². The van der Waals surface area contributed by atoms with Gasteiger partial charge in [-0.1, -0.05) is 13.8 Å². The van der Waals surface area contributed by atoms with Crippen molar-refractivity contribution in [3.8, 4) is 5.75 Å². The molecule has 2 amide bonds. The summed E-state index contributed by atoms with van der Waals surface area (Å²) in [6, 6.07) is 10.2. The highest BCUT2D eigenvalue weighted by molar-refractivity contribution is 6.13. The van der Waals surface area contributed by atoms with Crippen molar-refractivity contribution in [2.45, 2.75) is 26.7 Å². The molecule has 4 aromatic rings. The molecule has 0 unspecified atom stereocenters. The first-order valence-electron chi connectivity index (χ1n) is 10.8. The minimum Gasteiger partial charge on any atom is -0.494 e. The lowest BCUT2D eigenvalue weighted by Crippen LogP contribution is -2.15. The predicted molar refractivity (Wildman–Crippen MR) is 130 cm³/mol. The highest BCUT2D eigenvalue weighted by atomic mass is 16.5. The van der Waals surface area contributed by atoms with Gasteiger partial charge in [0, 0.05) is 36.9 Å². The number of carbonyl (C=O) groups excluding carboxylic acids is 2. The predicted octanol–water partition coefficient (Wildman–Crippen LogP) is 4.31. The van der Waals surface area contributed by atoms with Crippen LogP contribution in [0.25, 0.3) is 11.0 Å². The minimum absolute atomic E-state index is 0.147. The Hall–Kier alpha value is -4.27. The molecule has 0 atom stereocenters. The van der Waals surface area contributed by atoms with Crippen LogP contribution in [0.5, 0.6) is 5.75 Å². The molecular weight excluding hydrogens is 432 g/mol. The lowest BCUT2D eigenvalue weighted by Gasteiger charge is -2.14. The van der Waals surface area contributed by atoms with Crippen molar-refractivity contribution >= 4 is 34.2 Å². The van der Waals surface area contributed by atoms with Gasteiger partial charge < -0.3 is 15.4 Å². The molecule has 0 saturated heterocycles. The van der Waals surface area contributed by atoms with Gasteiger partial charge in [-0.15, -0.1) is 0 Å². The second kappa shape index (κ2) is 9.30. The zero-order valence-electron chi connectivity index (χ0n) is 19.7. The van der Waals surface area contributed by atoms with Crippen LogP contribution in [0.15, 0.2) is 48.8 Å². The summed E-state index contributed by atoms with van der Waals surface area (Å²) in [6.45, 7) is 5.92. The molecule has 34 heavy (non-hydrogen) atoms. The molecule has 0 spiro atoms. The molecule has 4 rings (SSSR count). The van der Waals surface area contributed by atoms with Crippen LogP contribution < -0.4 is 15.4 Å². The number of aromatic nitrogens is 4. The Bertz CT molecular complexity index is 1380. The standard InChI is InChI=1S/C25H26N6O3/c1-14(2)20-12-18(22-15(3)30-31(4)23(22)28-20)25(33)27-17-8-9-19(21(11-17)34-5)29-24(32)16-7-6-10-26-13-16/h6-14H,1-5H3,(H,27,33)(H,29,32). The van der Waals surface area contributed by atoms with Crippen molar-refractivity contribution in [3.05, 3.63) is 71.3 Å². The number of ether oxygens (including phenoxy) is 1. The number of fused-ring (bicyclic) bond motifs is 1. The summed E-state index contributed by atoms with van der Waals surface area (Å²) in [5.74, 6) is -0.0282. The maximum atomic E-state index is 13.3. The molecule has 174 valence electrons. The van der Waals surface area contributed by atoms with E-state index < -0.39 is 0 Å². The number of aryl methyl sites for hydroxylation is 2. The Morgan fingerprint density at radius 1 is 1.09 bits per heavy atom. The number of hydrogen-bond donors (Lipinski definition) is 2. The van der Waals surface area contributed by atoms with Gasteiger partial charge in [-0.25, -0.2) is 4.98 Å². The van der Waals surface area contributed by atoms with E-state index >= 15 is 0 Å².